The summed E-state index contributed by atoms with van der Waals surface area (Å²) >= 11 is 0. The standard InChI is InChI=1S/C11H20N2/c12-8-6-10-2-1-3-11(7-8)13(10)9-4-5-9/h8-11H,1-7,12H2/t10-,11-/m1/s1. The first-order valence-corrected chi connectivity index (χ1v) is 5.87. The Balaban J connectivity index is 1.78. The molecule has 1 aliphatic carbocycles. The molecule has 1 saturated carbocycles. The number of hydrogen-bond donors (Lipinski definition) is 1. The van der Waals surface area contributed by atoms with Gasteiger partial charge in [0.25, 0.3) is 0 Å². The van der Waals surface area contributed by atoms with Crippen LogP contribution >= 0.6 is 0 Å². The fourth-order valence-corrected chi connectivity index (χ4v) is 3.43. The molecule has 0 aromatic rings. The molecule has 2 aliphatic heterocycles. The summed E-state index contributed by atoms with van der Waals surface area (Å²) < 4.78 is 0. The third-order valence-corrected chi connectivity index (χ3v) is 4.04. The highest BCUT2D eigenvalue weighted by atomic mass is 15.3. The van der Waals surface area contributed by atoms with Crippen molar-refractivity contribution in [3.8, 4) is 0 Å². The maximum atomic E-state index is 6.08. The van der Waals surface area contributed by atoms with Crippen molar-refractivity contribution in [3.63, 3.8) is 0 Å². The van der Waals surface area contributed by atoms with Crippen molar-refractivity contribution in [2.45, 2.75) is 69.1 Å². The van der Waals surface area contributed by atoms with Gasteiger partial charge in [0.1, 0.15) is 0 Å². The van der Waals surface area contributed by atoms with Gasteiger partial charge in [-0.05, 0) is 38.5 Å². The van der Waals surface area contributed by atoms with Gasteiger partial charge in [-0.25, -0.2) is 0 Å². The van der Waals surface area contributed by atoms with Gasteiger partial charge in [0, 0.05) is 24.2 Å². The summed E-state index contributed by atoms with van der Waals surface area (Å²) in [6, 6.07) is 3.18. The zero-order valence-corrected chi connectivity index (χ0v) is 8.28. The minimum atomic E-state index is 0.505. The highest BCUT2D eigenvalue weighted by Gasteiger charge is 2.43. The van der Waals surface area contributed by atoms with Gasteiger partial charge in [-0.3, -0.25) is 4.90 Å². The van der Waals surface area contributed by atoms with Crippen LogP contribution in [0, 0.1) is 0 Å². The van der Waals surface area contributed by atoms with E-state index in [1.807, 2.05) is 0 Å². The fourth-order valence-electron chi connectivity index (χ4n) is 3.43. The normalized spacial score (nSPS) is 46.4. The lowest BCUT2D eigenvalue weighted by Crippen LogP contribution is -2.56. The van der Waals surface area contributed by atoms with E-state index in [2.05, 4.69) is 4.90 Å². The van der Waals surface area contributed by atoms with Crippen LogP contribution in [-0.4, -0.2) is 29.1 Å². The number of hydrogen-bond acceptors (Lipinski definition) is 2. The molecular formula is C11H20N2. The number of nitrogens with zero attached hydrogens (tertiary/aromatic N) is 1. The van der Waals surface area contributed by atoms with Crippen molar-refractivity contribution < 1.29 is 0 Å². The molecule has 2 nitrogen and oxygen atoms in total. The average molecular weight is 180 g/mol. The zero-order valence-electron chi connectivity index (χ0n) is 8.28. The second-order valence-corrected chi connectivity index (χ2v) is 5.15. The van der Waals surface area contributed by atoms with Crippen LogP contribution in [0.4, 0.5) is 0 Å². The number of rotatable bonds is 1. The van der Waals surface area contributed by atoms with Crippen LogP contribution in [0.3, 0.4) is 0 Å². The second-order valence-electron chi connectivity index (χ2n) is 5.15. The molecule has 3 fully saturated rings. The van der Waals surface area contributed by atoms with Crippen LogP contribution in [-0.2, 0) is 0 Å². The lowest BCUT2D eigenvalue weighted by atomic mass is 9.82. The molecule has 2 saturated heterocycles. The summed E-state index contributed by atoms with van der Waals surface area (Å²) in [4.78, 5) is 2.83. The predicted octanol–water partition coefficient (Wildman–Crippen LogP) is 1.49. The van der Waals surface area contributed by atoms with E-state index in [1.54, 1.807) is 0 Å². The summed E-state index contributed by atoms with van der Waals surface area (Å²) in [6.07, 6.45) is 9.75. The fraction of sp³-hybridized carbons (Fsp3) is 1.00. The molecule has 0 spiro atoms. The van der Waals surface area contributed by atoms with Crippen LogP contribution in [0.15, 0.2) is 0 Å². The SMILES string of the molecule is NC1C[C@H]2CCC[C@H](C1)N2C1CC1. The Morgan fingerprint density at radius 3 is 2.00 bits per heavy atom. The summed E-state index contributed by atoms with van der Waals surface area (Å²) in [6.45, 7) is 0. The third kappa shape index (κ3) is 1.40. The first-order valence-electron chi connectivity index (χ1n) is 5.87. The zero-order chi connectivity index (χ0) is 8.84. The Morgan fingerprint density at radius 2 is 1.46 bits per heavy atom. The minimum absolute atomic E-state index is 0.505. The van der Waals surface area contributed by atoms with Gasteiger partial charge in [-0.1, -0.05) is 6.42 Å². The molecule has 0 aromatic heterocycles. The van der Waals surface area contributed by atoms with E-state index in [9.17, 15) is 0 Å². The predicted molar refractivity (Wildman–Crippen MR) is 53.5 cm³/mol. The van der Waals surface area contributed by atoms with Gasteiger partial charge in [0.05, 0.1) is 0 Å². The van der Waals surface area contributed by atoms with Gasteiger partial charge < -0.3 is 5.73 Å². The molecule has 13 heavy (non-hydrogen) atoms. The number of fused-ring (bicyclic) bond motifs is 2. The van der Waals surface area contributed by atoms with E-state index < -0.39 is 0 Å². The Hall–Kier alpha value is -0.0800. The molecule has 2 N–H and O–H groups in total. The Morgan fingerprint density at radius 1 is 0.846 bits per heavy atom. The van der Waals surface area contributed by atoms with E-state index in [0.717, 1.165) is 18.1 Å². The number of piperidine rings is 2. The van der Waals surface area contributed by atoms with Crippen molar-refractivity contribution in [2.24, 2.45) is 5.73 Å². The molecule has 2 heteroatoms. The summed E-state index contributed by atoms with van der Waals surface area (Å²) in [5, 5.41) is 0. The summed E-state index contributed by atoms with van der Waals surface area (Å²) in [5.74, 6) is 0. The van der Waals surface area contributed by atoms with Gasteiger partial charge in [0.15, 0.2) is 0 Å². The molecule has 74 valence electrons. The van der Waals surface area contributed by atoms with Gasteiger partial charge in [-0.15, -0.1) is 0 Å². The van der Waals surface area contributed by atoms with Crippen molar-refractivity contribution in [1.29, 1.82) is 0 Å². The Labute approximate surface area is 80.5 Å². The van der Waals surface area contributed by atoms with Crippen molar-refractivity contribution in [2.75, 3.05) is 0 Å². The Kier molecular flexibility index (Phi) is 1.88. The first kappa shape index (κ1) is 8.25. The van der Waals surface area contributed by atoms with Gasteiger partial charge in [0.2, 0.25) is 0 Å². The molecule has 3 rings (SSSR count). The van der Waals surface area contributed by atoms with E-state index in [4.69, 9.17) is 5.73 Å². The monoisotopic (exact) mass is 180 g/mol. The van der Waals surface area contributed by atoms with Crippen LogP contribution in [0.5, 0.6) is 0 Å². The van der Waals surface area contributed by atoms with Gasteiger partial charge in [-0.2, -0.15) is 0 Å². The first-order chi connectivity index (χ1) is 6.34. The second kappa shape index (κ2) is 2.96. The van der Waals surface area contributed by atoms with E-state index in [0.29, 0.717) is 6.04 Å². The maximum Gasteiger partial charge on any atom is 0.0116 e. The number of nitrogens with two attached hydrogens (primary N) is 1. The molecule has 0 aromatic carbocycles. The van der Waals surface area contributed by atoms with Crippen LogP contribution in [0.2, 0.25) is 0 Å². The van der Waals surface area contributed by atoms with Gasteiger partial charge >= 0.3 is 0 Å². The van der Waals surface area contributed by atoms with Crippen molar-refractivity contribution in [3.05, 3.63) is 0 Å². The largest absolute Gasteiger partial charge is 0.328 e. The van der Waals surface area contributed by atoms with E-state index >= 15 is 0 Å². The summed E-state index contributed by atoms with van der Waals surface area (Å²) in [7, 11) is 0. The highest BCUT2D eigenvalue weighted by molar-refractivity contribution is 5.00. The lowest BCUT2D eigenvalue weighted by molar-refractivity contribution is 0.0242. The molecule has 3 aliphatic rings. The van der Waals surface area contributed by atoms with Crippen LogP contribution < -0.4 is 5.73 Å². The Bertz CT molecular complexity index is 186. The van der Waals surface area contributed by atoms with E-state index in [-0.39, 0.29) is 0 Å². The molecule has 0 radical (unpaired) electrons. The lowest BCUT2D eigenvalue weighted by Gasteiger charge is -2.48. The molecule has 2 bridgehead atoms. The topological polar surface area (TPSA) is 29.3 Å². The molecular weight excluding hydrogens is 160 g/mol. The van der Waals surface area contributed by atoms with Crippen molar-refractivity contribution in [1.82, 2.24) is 4.90 Å². The molecule has 0 unspecified atom stereocenters. The molecule has 2 atom stereocenters. The smallest absolute Gasteiger partial charge is 0.0116 e. The van der Waals surface area contributed by atoms with E-state index in [1.165, 1.54) is 44.9 Å². The third-order valence-electron chi connectivity index (χ3n) is 4.04. The minimum Gasteiger partial charge on any atom is -0.328 e. The maximum absolute atomic E-state index is 6.08. The highest BCUT2D eigenvalue weighted by Crippen LogP contribution is 2.41. The quantitative estimate of drug-likeness (QED) is 0.662. The van der Waals surface area contributed by atoms with Crippen LogP contribution in [0.25, 0.3) is 0 Å². The average Bonchev–Trinajstić information content (AvgIpc) is 2.85. The molecule has 2 heterocycles. The molecule has 0 amide bonds. The summed E-state index contributed by atoms with van der Waals surface area (Å²) in [5.41, 5.74) is 6.08. The van der Waals surface area contributed by atoms with Crippen molar-refractivity contribution >= 4 is 0 Å². The van der Waals surface area contributed by atoms with Crippen LogP contribution in [0.1, 0.15) is 44.9 Å².